The Morgan fingerprint density at radius 3 is 2.77 bits per heavy atom. The number of hydrogen-bond donors (Lipinski definition) is 3. The monoisotopic (exact) mass is 184 g/mol. The van der Waals surface area contributed by atoms with Crippen molar-refractivity contribution in [2.45, 2.75) is 26.3 Å². The third-order valence-electron chi connectivity index (χ3n) is 1.71. The van der Waals surface area contributed by atoms with Crippen LogP contribution in [0.25, 0.3) is 0 Å². The lowest BCUT2D eigenvalue weighted by Crippen LogP contribution is -2.29. The number of hydrogen-bond acceptors (Lipinski definition) is 4. The molecule has 0 bridgehead atoms. The van der Waals surface area contributed by atoms with Gasteiger partial charge in [0.25, 0.3) is 5.56 Å². The van der Waals surface area contributed by atoms with Crippen molar-refractivity contribution in [2.75, 3.05) is 5.32 Å². The van der Waals surface area contributed by atoms with Crippen molar-refractivity contribution >= 4 is 5.82 Å². The third kappa shape index (κ3) is 2.43. The van der Waals surface area contributed by atoms with E-state index in [9.17, 15) is 9.59 Å². The highest BCUT2D eigenvalue weighted by molar-refractivity contribution is 5.29. The van der Waals surface area contributed by atoms with Crippen LogP contribution in [0.3, 0.4) is 0 Å². The summed E-state index contributed by atoms with van der Waals surface area (Å²) in [4.78, 5) is 23.8. The van der Waals surface area contributed by atoms with Crippen molar-refractivity contribution in [1.29, 1.82) is 0 Å². The van der Waals surface area contributed by atoms with E-state index in [0.29, 0.717) is 0 Å². The fraction of sp³-hybridized carbons (Fsp3) is 0.571. The minimum Gasteiger partial charge on any atom is -0.362 e. The topological polar surface area (TPSA) is 90.6 Å². The first-order chi connectivity index (χ1) is 6.13. The minimum absolute atomic E-state index is 0.147. The van der Waals surface area contributed by atoms with E-state index in [0.717, 1.165) is 6.42 Å². The fourth-order valence-corrected chi connectivity index (χ4v) is 0.781. The Bertz CT molecular complexity index is 381. The predicted octanol–water partition coefficient (Wildman–Crippen LogP) is -0.331. The second kappa shape index (κ2) is 3.88. The first-order valence-corrected chi connectivity index (χ1v) is 4.09. The van der Waals surface area contributed by atoms with E-state index >= 15 is 0 Å². The molecule has 0 fully saturated rings. The highest BCUT2D eigenvalue weighted by Gasteiger charge is 2.04. The second-order valence-corrected chi connectivity index (χ2v) is 2.81. The van der Waals surface area contributed by atoms with Crippen LogP contribution in [0.15, 0.2) is 9.59 Å². The lowest BCUT2D eigenvalue weighted by molar-refractivity contribution is 0.745. The molecule has 6 heteroatoms. The largest absolute Gasteiger partial charge is 0.362 e. The van der Waals surface area contributed by atoms with Crippen molar-refractivity contribution in [3.63, 3.8) is 0 Å². The Balaban J connectivity index is 2.90. The Kier molecular flexibility index (Phi) is 2.84. The van der Waals surface area contributed by atoms with Gasteiger partial charge in [-0.15, -0.1) is 5.10 Å². The molecule has 1 unspecified atom stereocenters. The summed E-state index contributed by atoms with van der Waals surface area (Å²) in [5, 5.41) is 8.58. The maximum atomic E-state index is 11.1. The smallest absolute Gasteiger partial charge is 0.342 e. The first kappa shape index (κ1) is 9.50. The van der Waals surface area contributed by atoms with Crippen molar-refractivity contribution in [2.24, 2.45) is 0 Å². The molecule has 0 saturated heterocycles. The summed E-state index contributed by atoms with van der Waals surface area (Å²) < 4.78 is 0. The fourth-order valence-electron chi connectivity index (χ4n) is 0.781. The molecule has 1 rings (SSSR count). The van der Waals surface area contributed by atoms with Crippen LogP contribution in [0.5, 0.6) is 0 Å². The summed E-state index contributed by atoms with van der Waals surface area (Å²) >= 11 is 0. The molecule has 1 aromatic rings. The first-order valence-electron chi connectivity index (χ1n) is 4.09. The van der Waals surface area contributed by atoms with Crippen LogP contribution in [-0.2, 0) is 0 Å². The maximum Gasteiger partial charge on any atom is 0.342 e. The molecule has 0 aliphatic heterocycles. The molecular formula is C7H12N4O2. The van der Waals surface area contributed by atoms with Gasteiger partial charge < -0.3 is 5.32 Å². The van der Waals surface area contributed by atoms with Crippen LogP contribution in [0.2, 0.25) is 0 Å². The van der Waals surface area contributed by atoms with Gasteiger partial charge in [-0.2, -0.15) is 0 Å². The van der Waals surface area contributed by atoms with Gasteiger partial charge in [0.15, 0.2) is 0 Å². The SMILES string of the molecule is CCC(C)Nc1n[nH]c(=O)[nH]c1=O. The van der Waals surface area contributed by atoms with Gasteiger partial charge in [0.2, 0.25) is 5.82 Å². The molecule has 0 radical (unpaired) electrons. The number of anilines is 1. The van der Waals surface area contributed by atoms with E-state index in [1.165, 1.54) is 0 Å². The number of nitrogens with zero attached hydrogens (tertiary/aromatic N) is 1. The third-order valence-corrected chi connectivity index (χ3v) is 1.71. The van der Waals surface area contributed by atoms with Crippen molar-refractivity contribution < 1.29 is 0 Å². The average molecular weight is 184 g/mol. The second-order valence-electron chi connectivity index (χ2n) is 2.81. The van der Waals surface area contributed by atoms with E-state index in [-0.39, 0.29) is 11.9 Å². The normalized spacial score (nSPS) is 12.5. The van der Waals surface area contributed by atoms with Gasteiger partial charge >= 0.3 is 5.69 Å². The minimum atomic E-state index is -0.597. The molecule has 0 saturated carbocycles. The summed E-state index contributed by atoms with van der Waals surface area (Å²) in [6.45, 7) is 3.91. The number of H-pyrrole nitrogens is 2. The van der Waals surface area contributed by atoms with Gasteiger partial charge in [-0.25, -0.2) is 9.89 Å². The van der Waals surface area contributed by atoms with Crippen LogP contribution < -0.4 is 16.6 Å². The summed E-state index contributed by atoms with van der Waals surface area (Å²) in [6, 6.07) is 0.152. The molecule has 0 aliphatic rings. The van der Waals surface area contributed by atoms with Crippen molar-refractivity contribution in [3.05, 3.63) is 20.8 Å². The van der Waals surface area contributed by atoms with Crippen molar-refractivity contribution in [3.8, 4) is 0 Å². The highest BCUT2D eigenvalue weighted by Crippen LogP contribution is 1.96. The molecule has 6 nitrogen and oxygen atoms in total. The van der Waals surface area contributed by atoms with Crippen LogP contribution in [0.4, 0.5) is 5.82 Å². The number of nitrogens with one attached hydrogen (secondary N) is 3. The molecule has 3 N–H and O–H groups in total. The number of aromatic amines is 2. The lowest BCUT2D eigenvalue weighted by Gasteiger charge is -2.09. The standard InChI is InChI=1S/C7H12N4O2/c1-3-4(2)8-5-6(12)9-7(13)11-10-5/h4H,3H2,1-2H3,(H,8,10)(H2,9,11,12,13). The van der Waals surface area contributed by atoms with Crippen LogP contribution >= 0.6 is 0 Å². The highest BCUT2D eigenvalue weighted by atomic mass is 16.2. The molecule has 72 valence electrons. The zero-order valence-corrected chi connectivity index (χ0v) is 7.55. The number of aromatic nitrogens is 3. The van der Waals surface area contributed by atoms with E-state index in [2.05, 4.69) is 20.5 Å². The zero-order chi connectivity index (χ0) is 9.84. The molecule has 0 spiro atoms. The van der Waals surface area contributed by atoms with Gasteiger partial charge in [0.05, 0.1) is 0 Å². The molecule has 1 aromatic heterocycles. The van der Waals surface area contributed by atoms with E-state index in [4.69, 9.17) is 0 Å². The van der Waals surface area contributed by atoms with Crippen molar-refractivity contribution in [1.82, 2.24) is 15.2 Å². The van der Waals surface area contributed by atoms with Gasteiger partial charge in [-0.05, 0) is 13.3 Å². The summed E-state index contributed by atoms with van der Waals surface area (Å²) in [7, 11) is 0. The summed E-state index contributed by atoms with van der Waals surface area (Å²) in [5.74, 6) is 0.147. The predicted molar refractivity (Wildman–Crippen MR) is 48.9 cm³/mol. The summed E-state index contributed by atoms with van der Waals surface area (Å²) in [6.07, 6.45) is 0.875. The average Bonchev–Trinajstić information content (AvgIpc) is 2.09. The van der Waals surface area contributed by atoms with Gasteiger partial charge in [-0.1, -0.05) is 6.92 Å². The van der Waals surface area contributed by atoms with E-state index in [1.807, 2.05) is 13.8 Å². The molecule has 0 amide bonds. The summed E-state index contributed by atoms with van der Waals surface area (Å²) in [5.41, 5.74) is -1.09. The van der Waals surface area contributed by atoms with Gasteiger partial charge in [0.1, 0.15) is 0 Å². The molecular weight excluding hydrogens is 172 g/mol. The molecule has 0 aromatic carbocycles. The zero-order valence-electron chi connectivity index (χ0n) is 7.55. The van der Waals surface area contributed by atoms with Gasteiger partial charge in [-0.3, -0.25) is 9.78 Å². The van der Waals surface area contributed by atoms with E-state index in [1.54, 1.807) is 0 Å². The van der Waals surface area contributed by atoms with Crippen LogP contribution in [0, 0.1) is 0 Å². The van der Waals surface area contributed by atoms with Crippen LogP contribution in [-0.4, -0.2) is 21.2 Å². The Morgan fingerprint density at radius 2 is 2.23 bits per heavy atom. The Morgan fingerprint density at radius 1 is 1.54 bits per heavy atom. The lowest BCUT2D eigenvalue weighted by atomic mass is 10.3. The quantitative estimate of drug-likeness (QED) is 0.599. The van der Waals surface area contributed by atoms with E-state index < -0.39 is 11.2 Å². The number of rotatable bonds is 3. The molecule has 13 heavy (non-hydrogen) atoms. The molecule has 0 aliphatic carbocycles. The van der Waals surface area contributed by atoms with Gasteiger partial charge in [0, 0.05) is 6.04 Å². The molecule has 1 heterocycles. The molecule has 1 atom stereocenters. The Hall–Kier alpha value is -1.59. The van der Waals surface area contributed by atoms with Crippen LogP contribution in [0.1, 0.15) is 20.3 Å². The Labute approximate surface area is 74.4 Å². The maximum absolute atomic E-state index is 11.1.